The molecule has 18 heavy (non-hydrogen) atoms. The van der Waals surface area contributed by atoms with Gasteiger partial charge in [-0.1, -0.05) is 6.07 Å². The van der Waals surface area contributed by atoms with Crippen LogP contribution in [0.1, 0.15) is 17.2 Å². The molecule has 1 aliphatic carbocycles. The quantitative estimate of drug-likeness (QED) is 0.578. The molecule has 0 saturated heterocycles. The molecule has 0 aromatic carbocycles. The van der Waals surface area contributed by atoms with Crippen LogP contribution in [0.15, 0.2) is 18.3 Å². The van der Waals surface area contributed by atoms with Gasteiger partial charge in [-0.2, -0.15) is 8.42 Å². The number of hydrogen-bond donors (Lipinski definition) is 0. The molecular formula is C11H13NO5S. The highest BCUT2D eigenvalue weighted by atomic mass is 32.2. The van der Waals surface area contributed by atoms with Gasteiger partial charge in [0.15, 0.2) is 0 Å². The summed E-state index contributed by atoms with van der Waals surface area (Å²) in [7, 11) is -2.38. The normalized spacial score (nSPS) is 22.6. The molecule has 0 amide bonds. The van der Waals surface area contributed by atoms with Gasteiger partial charge in [0.1, 0.15) is 12.0 Å². The maximum Gasteiger partial charge on any atom is 0.317 e. The van der Waals surface area contributed by atoms with Crippen molar-refractivity contribution in [2.75, 3.05) is 13.4 Å². The van der Waals surface area contributed by atoms with Crippen LogP contribution in [-0.2, 0) is 30.3 Å². The SMILES string of the molecule is COC(=O)[C@@H]1c2ncccc2C[C@@H]1OS(C)(=O)=O. The Balaban J connectivity index is 2.37. The van der Waals surface area contributed by atoms with Crippen LogP contribution in [0.25, 0.3) is 0 Å². The number of hydrogen-bond acceptors (Lipinski definition) is 6. The van der Waals surface area contributed by atoms with Crippen LogP contribution < -0.4 is 0 Å². The first kappa shape index (κ1) is 13.0. The first-order valence-corrected chi connectivity index (χ1v) is 7.14. The van der Waals surface area contributed by atoms with E-state index in [-0.39, 0.29) is 0 Å². The molecule has 0 bridgehead atoms. The molecule has 6 nitrogen and oxygen atoms in total. The zero-order valence-corrected chi connectivity index (χ0v) is 10.8. The van der Waals surface area contributed by atoms with Gasteiger partial charge in [-0.05, 0) is 11.6 Å². The van der Waals surface area contributed by atoms with E-state index in [1.165, 1.54) is 7.11 Å². The van der Waals surface area contributed by atoms with E-state index in [0.717, 1.165) is 11.8 Å². The van der Waals surface area contributed by atoms with Crippen molar-refractivity contribution in [3.8, 4) is 0 Å². The fraction of sp³-hybridized carbons (Fsp3) is 0.455. The molecule has 2 rings (SSSR count). The Hall–Kier alpha value is -1.47. The van der Waals surface area contributed by atoms with Crippen molar-refractivity contribution in [1.29, 1.82) is 0 Å². The van der Waals surface area contributed by atoms with Gasteiger partial charge < -0.3 is 4.74 Å². The lowest BCUT2D eigenvalue weighted by molar-refractivity contribution is -0.144. The summed E-state index contributed by atoms with van der Waals surface area (Å²) in [6.45, 7) is 0. The Kier molecular flexibility index (Phi) is 3.36. The summed E-state index contributed by atoms with van der Waals surface area (Å²) < 4.78 is 32.0. The minimum absolute atomic E-state index is 0.329. The van der Waals surface area contributed by atoms with Crippen molar-refractivity contribution >= 4 is 16.1 Å². The maximum atomic E-state index is 11.7. The third-order valence-corrected chi connectivity index (χ3v) is 3.36. The van der Waals surface area contributed by atoms with E-state index in [0.29, 0.717) is 12.1 Å². The molecule has 0 unspecified atom stereocenters. The summed E-state index contributed by atoms with van der Waals surface area (Å²) in [5.74, 6) is -1.33. The average Bonchev–Trinajstić information content (AvgIpc) is 2.63. The Labute approximate surface area is 105 Å². The summed E-state index contributed by atoms with van der Waals surface area (Å²) in [5.41, 5.74) is 1.33. The van der Waals surface area contributed by atoms with Crippen molar-refractivity contribution in [1.82, 2.24) is 4.98 Å². The number of nitrogens with zero attached hydrogens (tertiary/aromatic N) is 1. The number of carbonyl (C=O) groups excluding carboxylic acids is 1. The lowest BCUT2D eigenvalue weighted by atomic mass is 10.1. The van der Waals surface area contributed by atoms with E-state index in [1.54, 1.807) is 18.3 Å². The number of carbonyl (C=O) groups is 1. The molecule has 0 spiro atoms. The third-order valence-electron chi connectivity index (χ3n) is 2.77. The Morgan fingerprint density at radius 1 is 1.50 bits per heavy atom. The smallest absolute Gasteiger partial charge is 0.317 e. The molecule has 0 fully saturated rings. The lowest BCUT2D eigenvalue weighted by Crippen LogP contribution is -2.28. The van der Waals surface area contributed by atoms with E-state index in [2.05, 4.69) is 9.72 Å². The zero-order chi connectivity index (χ0) is 13.3. The Morgan fingerprint density at radius 3 is 2.83 bits per heavy atom. The molecule has 98 valence electrons. The first-order chi connectivity index (χ1) is 8.42. The standard InChI is InChI=1S/C11H13NO5S/c1-16-11(13)9-8(17-18(2,14)15)6-7-4-3-5-12-10(7)9/h3-5,8-9H,6H2,1-2H3/t8-,9-/m0/s1. The fourth-order valence-electron chi connectivity index (χ4n) is 2.12. The van der Waals surface area contributed by atoms with Gasteiger partial charge in [0.2, 0.25) is 0 Å². The fourth-order valence-corrected chi connectivity index (χ4v) is 2.75. The van der Waals surface area contributed by atoms with E-state index in [9.17, 15) is 13.2 Å². The molecule has 0 aliphatic heterocycles. The molecule has 1 aromatic heterocycles. The average molecular weight is 271 g/mol. The molecule has 1 aliphatic rings. The molecule has 0 radical (unpaired) electrons. The second-order valence-corrected chi connectivity index (χ2v) is 5.69. The largest absolute Gasteiger partial charge is 0.468 e. The Bertz CT molecular complexity index is 569. The second kappa shape index (κ2) is 4.66. The number of ether oxygens (including phenoxy) is 1. The van der Waals surface area contributed by atoms with Crippen LogP contribution in [0.4, 0.5) is 0 Å². The first-order valence-electron chi connectivity index (χ1n) is 5.32. The maximum absolute atomic E-state index is 11.7. The molecule has 0 N–H and O–H groups in total. The monoisotopic (exact) mass is 271 g/mol. The molecule has 1 aromatic rings. The van der Waals surface area contributed by atoms with Crippen LogP contribution >= 0.6 is 0 Å². The number of rotatable bonds is 3. The van der Waals surface area contributed by atoms with Crippen LogP contribution in [0.2, 0.25) is 0 Å². The summed E-state index contributed by atoms with van der Waals surface area (Å²) in [6, 6.07) is 3.53. The van der Waals surface area contributed by atoms with Gasteiger partial charge >= 0.3 is 5.97 Å². The third kappa shape index (κ3) is 2.51. The van der Waals surface area contributed by atoms with E-state index in [4.69, 9.17) is 4.18 Å². The topological polar surface area (TPSA) is 82.6 Å². The van der Waals surface area contributed by atoms with Gasteiger partial charge in [0, 0.05) is 12.6 Å². The molecule has 0 saturated carbocycles. The predicted octanol–water partition coefficient (Wildman–Crippen LogP) is 0.239. The second-order valence-electron chi connectivity index (χ2n) is 4.09. The van der Waals surface area contributed by atoms with Crippen molar-refractivity contribution in [2.24, 2.45) is 0 Å². The van der Waals surface area contributed by atoms with E-state index in [1.807, 2.05) is 0 Å². The van der Waals surface area contributed by atoms with Crippen molar-refractivity contribution in [2.45, 2.75) is 18.4 Å². The summed E-state index contributed by atoms with van der Waals surface area (Å²) in [5, 5.41) is 0. The summed E-state index contributed by atoms with van der Waals surface area (Å²) in [4.78, 5) is 15.9. The predicted molar refractivity (Wildman–Crippen MR) is 62.4 cm³/mol. The van der Waals surface area contributed by atoms with Gasteiger partial charge in [-0.15, -0.1) is 0 Å². The minimum Gasteiger partial charge on any atom is -0.468 e. The lowest BCUT2D eigenvalue weighted by Gasteiger charge is -2.16. The highest BCUT2D eigenvalue weighted by Gasteiger charge is 2.42. The van der Waals surface area contributed by atoms with Gasteiger partial charge in [-0.3, -0.25) is 14.0 Å². The van der Waals surface area contributed by atoms with Crippen molar-refractivity contribution < 1.29 is 22.1 Å². The zero-order valence-electron chi connectivity index (χ0n) is 9.99. The number of aromatic nitrogens is 1. The number of pyridine rings is 1. The van der Waals surface area contributed by atoms with Crippen LogP contribution in [0, 0.1) is 0 Å². The van der Waals surface area contributed by atoms with Gasteiger partial charge in [0.25, 0.3) is 10.1 Å². The molecule has 2 atom stereocenters. The molecular weight excluding hydrogens is 258 g/mol. The summed E-state index contributed by atoms with van der Waals surface area (Å²) in [6.07, 6.45) is 2.06. The van der Waals surface area contributed by atoms with Crippen LogP contribution in [0.5, 0.6) is 0 Å². The van der Waals surface area contributed by atoms with Crippen molar-refractivity contribution in [3.63, 3.8) is 0 Å². The number of esters is 1. The minimum atomic E-state index is -3.64. The summed E-state index contributed by atoms with van der Waals surface area (Å²) >= 11 is 0. The highest BCUT2D eigenvalue weighted by Crippen LogP contribution is 2.35. The molecule has 7 heteroatoms. The van der Waals surface area contributed by atoms with Crippen LogP contribution in [-0.4, -0.2) is 38.8 Å². The Morgan fingerprint density at radius 2 is 2.22 bits per heavy atom. The molecule has 1 heterocycles. The van der Waals surface area contributed by atoms with Crippen LogP contribution in [0.3, 0.4) is 0 Å². The van der Waals surface area contributed by atoms with E-state index < -0.39 is 28.1 Å². The van der Waals surface area contributed by atoms with E-state index >= 15 is 0 Å². The highest BCUT2D eigenvalue weighted by molar-refractivity contribution is 7.86. The van der Waals surface area contributed by atoms with Crippen molar-refractivity contribution in [3.05, 3.63) is 29.6 Å². The number of methoxy groups -OCH3 is 1. The number of fused-ring (bicyclic) bond motifs is 1. The van der Waals surface area contributed by atoms with Gasteiger partial charge in [0.05, 0.1) is 19.1 Å². The van der Waals surface area contributed by atoms with Gasteiger partial charge in [-0.25, -0.2) is 0 Å².